The molecule has 0 heterocycles. The molecular formula is C10H13BrN2S. The molecule has 0 saturated carbocycles. The van der Waals surface area contributed by atoms with Gasteiger partial charge in [0, 0.05) is 22.6 Å². The molecule has 0 saturated heterocycles. The predicted octanol–water partition coefficient (Wildman–Crippen LogP) is 2.78. The van der Waals surface area contributed by atoms with Crippen molar-refractivity contribution in [2.75, 3.05) is 11.9 Å². The van der Waals surface area contributed by atoms with Crippen molar-refractivity contribution in [2.45, 2.75) is 6.92 Å². The Hall–Kier alpha value is -0.610. The van der Waals surface area contributed by atoms with Crippen LogP contribution in [-0.2, 0) is 0 Å². The van der Waals surface area contributed by atoms with Crippen molar-refractivity contribution in [3.8, 4) is 0 Å². The molecule has 0 aliphatic carbocycles. The van der Waals surface area contributed by atoms with E-state index in [1.54, 1.807) is 0 Å². The summed E-state index contributed by atoms with van der Waals surface area (Å²) in [5.74, 6) is 0.206. The smallest absolute Gasteiger partial charge is 0.0773 e. The molecule has 2 nitrogen and oxygen atoms in total. The van der Waals surface area contributed by atoms with E-state index < -0.39 is 0 Å². The maximum Gasteiger partial charge on any atom is 0.0773 e. The van der Waals surface area contributed by atoms with E-state index in [0.717, 1.165) is 16.7 Å². The first-order valence-corrected chi connectivity index (χ1v) is 5.59. The summed E-state index contributed by atoms with van der Waals surface area (Å²) in [6.45, 7) is 2.77. The fraction of sp³-hybridized carbons (Fsp3) is 0.300. The molecule has 4 heteroatoms. The van der Waals surface area contributed by atoms with Gasteiger partial charge in [-0.1, -0.05) is 31.3 Å². The van der Waals surface area contributed by atoms with Crippen LogP contribution in [0.25, 0.3) is 0 Å². The van der Waals surface area contributed by atoms with Gasteiger partial charge >= 0.3 is 0 Å². The van der Waals surface area contributed by atoms with E-state index in [9.17, 15) is 0 Å². The molecule has 3 N–H and O–H groups in total. The Morgan fingerprint density at radius 3 is 2.79 bits per heavy atom. The Balaban J connectivity index is 2.54. The fourth-order valence-electron chi connectivity index (χ4n) is 0.968. The van der Waals surface area contributed by atoms with Gasteiger partial charge in [-0.3, -0.25) is 0 Å². The molecule has 0 amide bonds. The predicted molar refractivity (Wildman–Crippen MR) is 68.6 cm³/mol. The zero-order valence-electron chi connectivity index (χ0n) is 7.96. The Kier molecular flexibility index (Phi) is 4.35. The van der Waals surface area contributed by atoms with Crippen molar-refractivity contribution in [1.29, 1.82) is 0 Å². The maximum absolute atomic E-state index is 5.52. The van der Waals surface area contributed by atoms with Crippen LogP contribution in [0.3, 0.4) is 0 Å². The molecule has 1 aromatic rings. The Labute approximate surface area is 98.0 Å². The number of thiocarbonyl (C=S) groups is 1. The summed E-state index contributed by atoms with van der Waals surface area (Å²) >= 11 is 8.35. The minimum absolute atomic E-state index is 0.206. The van der Waals surface area contributed by atoms with Crippen LogP contribution in [0.1, 0.15) is 6.92 Å². The van der Waals surface area contributed by atoms with E-state index in [-0.39, 0.29) is 5.92 Å². The van der Waals surface area contributed by atoms with Gasteiger partial charge in [0.2, 0.25) is 0 Å². The average Bonchev–Trinajstić information content (AvgIpc) is 2.16. The van der Waals surface area contributed by atoms with Crippen LogP contribution in [0.4, 0.5) is 5.69 Å². The average molecular weight is 273 g/mol. The lowest BCUT2D eigenvalue weighted by Crippen LogP contribution is -2.25. The third-order valence-corrected chi connectivity index (χ3v) is 3.05. The van der Waals surface area contributed by atoms with Gasteiger partial charge in [0.1, 0.15) is 0 Å². The van der Waals surface area contributed by atoms with E-state index in [4.69, 9.17) is 18.0 Å². The van der Waals surface area contributed by atoms with Gasteiger partial charge in [0.05, 0.1) is 4.99 Å². The first-order valence-electron chi connectivity index (χ1n) is 4.39. The van der Waals surface area contributed by atoms with Crippen LogP contribution in [0.2, 0.25) is 0 Å². The van der Waals surface area contributed by atoms with Crippen molar-refractivity contribution in [1.82, 2.24) is 0 Å². The molecule has 76 valence electrons. The SMILES string of the molecule is CC(CNc1ccccc1Br)C(N)=S. The molecule has 1 aromatic carbocycles. The van der Waals surface area contributed by atoms with Crippen molar-refractivity contribution < 1.29 is 0 Å². The zero-order chi connectivity index (χ0) is 10.6. The quantitative estimate of drug-likeness (QED) is 0.828. The third-order valence-electron chi connectivity index (χ3n) is 1.96. The second-order valence-electron chi connectivity index (χ2n) is 3.16. The van der Waals surface area contributed by atoms with Gasteiger partial charge in [0.15, 0.2) is 0 Å². The molecule has 0 spiro atoms. The molecule has 1 rings (SSSR count). The van der Waals surface area contributed by atoms with Crippen LogP contribution in [-0.4, -0.2) is 11.5 Å². The van der Waals surface area contributed by atoms with Gasteiger partial charge in [0.25, 0.3) is 0 Å². The van der Waals surface area contributed by atoms with Crippen molar-refractivity contribution in [2.24, 2.45) is 11.7 Å². The van der Waals surface area contributed by atoms with Crippen LogP contribution < -0.4 is 11.1 Å². The van der Waals surface area contributed by atoms with Gasteiger partial charge in [-0.15, -0.1) is 0 Å². The standard InChI is InChI=1S/C10H13BrN2S/c1-7(10(12)14)6-13-9-5-3-2-4-8(9)11/h2-5,7,13H,6H2,1H3,(H2,12,14). The van der Waals surface area contributed by atoms with E-state index >= 15 is 0 Å². The number of para-hydroxylation sites is 1. The number of rotatable bonds is 4. The van der Waals surface area contributed by atoms with Crippen LogP contribution in [0.15, 0.2) is 28.7 Å². The molecule has 1 unspecified atom stereocenters. The maximum atomic E-state index is 5.52. The second-order valence-corrected chi connectivity index (χ2v) is 4.49. The molecule has 14 heavy (non-hydrogen) atoms. The molecule has 0 bridgehead atoms. The highest BCUT2D eigenvalue weighted by Gasteiger charge is 2.05. The number of anilines is 1. The molecule has 1 atom stereocenters. The number of hydrogen-bond donors (Lipinski definition) is 2. The highest BCUT2D eigenvalue weighted by molar-refractivity contribution is 9.10. The minimum Gasteiger partial charge on any atom is -0.393 e. The van der Waals surface area contributed by atoms with Crippen molar-refractivity contribution >= 4 is 38.8 Å². The van der Waals surface area contributed by atoms with E-state index in [0.29, 0.717) is 4.99 Å². The highest BCUT2D eigenvalue weighted by Crippen LogP contribution is 2.21. The van der Waals surface area contributed by atoms with Gasteiger partial charge in [-0.05, 0) is 28.1 Å². The summed E-state index contributed by atoms with van der Waals surface area (Å²) in [6, 6.07) is 7.97. The van der Waals surface area contributed by atoms with Crippen LogP contribution in [0.5, 0.6) is 0 Å². The number of benzene rings is 1. The molecule has 0 radical (unpaired) electrons. The monoisotopic (exact) mass is 272 g/mol. The number of nitrogens with one attached hydrogen (secondary N) is 1. The Morgan fingerprint density at radius 1 is 1.57 bits per heavy atom. The number of halogens is 1. The summed E-state index contributed by atoms with van der Waals surface area (Å²) in [6.07, 6.45) is 0. The van der Waals surface area contributed by atoms with Crippen LogP contribution >= 0.6 is 28.1 Å². The number of nitrogens with two attached hydrogens (primary N) is 1. The summed E-state index contributed by atoms with van der Waals surface area (Å²) in [5.41, 5.74) is 6.58. The number of hydrogen-bond acceptors (Lipinski definition) is 2. The largest absolute Gasteiger partial charge is 0.393 e. The van der Waals surface area contributed by atoms with Crippen LogP contribution in [0, 0.1) is 5.92 Å². The van der Waals surface area contributed by atoms with Gasteiger partial charge in [-0.25, -0.2) is 0 Å². The molecule has 0 fully saturated rings. The van der Waals surface area contributed by atoms with Crippen molar-refractivity contribution in [3.63, 3.8) is 0 Å². The Bertz CT molecular complexity index is 328. The normalized spacial score (nSPS) is 12.1. The lowest BCUT2D eigenvalue weighted by molar-refractivity contribution is 0.821. The lowest BCUT2D eigenvalue weighted by atomic mass is 10.2. The molecule has 0 aliphatic heterocycles. The highest BCUT2D eigenvalue weighted by atomic mass is 79.9. The minimum atomic E-state index is 0.206. The molecule has 0 aromatic heterocycles. The van der Waals surface area contributed by atoms with Gasteiger partial charge in [-0.2, -0.15) is 0 Å². The van der Waals surface area contributed by atoms with E-state index in [2.05, 4.69) is 21.2 Å². The fourth-order valence-corrected chi connectivity index (χ4v) is 1.48. The first-order chi connectivity index (χ1) is 6.61. The lowest BCUT2D eigenvalue weighted by Gasteiger charge is -2.12. The summed E-state index contributed by atoms with van der Waals surface area (Å²) < 4.78 is 1.05. The summed E-state index contributed by atoms with van der Waals surface area (Å²) in [7, 11) is 0. The van der Waals surface area contributed by atoms with Crippen molar-refractivity contribution in [3.05, 3.63) is 28.7 Å². The topological polar surface area (TPSA) is 38.0 Å². The molecule has 0 aliphatic rings. The summed E-state index contributed by atoms with van der Waals surface area (Å²) in [5, 5.41) is 3.28. The Morgan fingerprint density at radius 2 is 2.21 bits per heavy atom. The zero-order valence-corrected chi connectivity index (χ0v) is 10.4. The van der Waals surface area contributed by atoms with E-state index in [1.165, 1.54) is 0 Å². The second kappa shape index (κ2) is 5.32. The molecular weight excluding hydrogens is 260 g/mol. The first kappa shape index (κ1) is 11.5. The van der Waals surface area contributed by atoms with Gasteiger partial charge < -0.3 is 11.1 Å². The summed E-state index contributed by atoms with van der Waals surface area (Å²) in [4.78, 5) is 0.546. The van der Waals surface area contributed by atoms with E-state index in [1.807, 2.05) is 31.2 Å². The third kappa shape index (κ3) is 3.27.